The van der Waals surface area contributed by atoms with Gasteiger partial charge in [-0.2, -0.15) is 9.97 Å². The maximum atomic E-state index is 5.99. The highest BCUT2D eigenvalue weighted by atomic mass is 32.1. The number of hydrogen-bond donors (Lipinski definition) is 2. The van der Waals surface area contributed by atoms with Gasteiger partial charge in [0.25, 0.3) is 0 Å². The van der Waals surface area contributed by atoms with Gasteiger partial charge in [0, 0.05) is 11.1 Å². The van der Waals surface area contributed by atoms with Crippen LogP contribution in [0.1, 0.15) is 24.6 Å². The van der Waals surface area contributed by atoms with Crippen LogP contribution in [0.4, 0.5) is 5.82 Å². The first kappa shape index (κ1) is 13.8. The Morgan fingerprint density at radius 3 is 2.95 bits per heavy atom. The van der Waals surface area contributed by atoms with Crippen LogP contribution in [0.15, 0.2) is 12.3 Å². The molecule has 0 amide bonds. The Bertz CT molecular complexity index is 764. The van der Waals surface area contributed by atoms with E-state index in [1.807, 2.05) is 19.2 Å². The molecule has 0 aliphatic carbocycles. The number of ether oxygens (including phenoxy) is 1. The van der Waals surface area contributed by atoms with Crippen LogP contribution < -0.4 is 10.5 Å². The van der Waals surface area contributed by atoms with Crippen LogP contribution in [0.2, 0.25) is 0 Å². The largest absolute Gasteiger partial charge is 0.463 e. The summed E-state index contributed by atoms with van der Waals surface area (Å²) in [4.78, 5) is 17.3. The van der Waals surface area contributed by atoms with Crippen molar-refractivity contribution in [1.29, 1.82) is 0 Å². The molecule has 0 aliphatic rings. The second kappa shape index (κ2) is 5.69. The summed E-state index contributed by atoms with van der Waals surface area (Å²) < 4.78 is 5.52. The Morgan fingerprint density at radius 1 is 1.38 bits per heavy atom. The van der Waals surface area contributed by atoms with Crippen molar-refractivity contribution in [2.45, 2.75) is 26.7 Å². The van der Waals surface area contributed by atoms with Crippen LogP contribution >= 0.6 is 11.3 Å². The highest BCUT2D eigenvalue weighted by molar-refractivity contribution is 7.14. The van der Waals surface area contributed by atoms with Gasteiger partial charge in [0.2, 0.25) is 0 Å². The van der Waals surface area contributed by atoms with E-state index >= 15 is 0 Å². The summed E-state index contributed by atoms with van der Waals surface area (Å²) in [5.74, 6) is 0.419. The van der Waals surface area contributed by atoms with Crippen molar-refractivity contribution in [2.24, 2.45) is 0 Å². The molecule has 3 heterocycles. The van der Waals surface area contributed by atoms with Crippen molar-refractivity contribution < 1.29 is 4.74 Å². The molecular formula is C14H17N5OS. The van der Waals surface area contributed by atoms with E-state index in [1.54, 1.807) is 11.3 Å². The number of unbranched alkanes of at least 4 members (excludes halogenated alkanes) is 1. The number of fused-ring (bicyclic) bond motifs is 1. The molecule has 3 aromatic heterocycles. The van der Waals surface area contributed by atoms with Crippen molar-refractivity contribution in [3.8, 4) is 16.7 Å². The third kappa shape index (κ3) is 2.82. The summed E-state index contributed by atoms with van der Waals surface area (Å²) >= 11 is 1.62. The molecule has 0 fully saturated rings. The zero-order valence-electron chi connectivity index (χ0n) is 12.0. The Hall–Kier alpha value is -2.15. The lowest BCUT2D eigenvalue weighted by molar-refractivity contribution is 0.287. The number of nitrogens with zero attached hydrogens (tertiary/aromatic N) is 3. The quantitative estimate of drug-likeness (QED) is 0.707. The molecule has 3 rings (SSSR count). The first-order valence-corrected chi connectivity index (χ1v) is 7.71. The van der Waals surface area contributed by atoms with Crippen molar-refractivity contribution in [2.75, 3.05) is 12.3 Å². The van der Waals surface area contributed by atoms with Crippen molar-refractivity contribution >= 4 is 28.2 Å². The third-order valence-corrected chi connectivity index (χ3v) is 4.02. The lowest BCUT2D eigenvalue weighted by atomic mass is 10.3. The molecule has 3 N–H and O–H groups in total. The zero-order valence-corrected chi connectivity index (χ0v) is 12.8. The number of nitrogen functional groups attached to an aromatic ring is 1. The molecule has 0 atom stereocenters. The maximum Gasteiger partial charge on any atom is 0.320 e. The molecule has 110 valence electrons. The van der Waals surface area contributed by atoms with Gasteiger partial charge in [-0.25, -0.2) is 4.98 Å². The van der Waals surface area contributed by atoms with E-state index in [9.17, 15) is 0 Å². The number of nitrogens with two attached hydrogens (primary N) is 1. The Balaban J connectivity index is 1.95. The van der Waals surface area contributed by atoms with E-state index in [2.05, 4.69) is 26.9 Å². The summed E-state index contributed by atoms with van der Waals surface area (Å²) in [7, 11) is 0. The lowest BCUT2D eigenvalue weighted by Crippen LogP contribution is -2.03. The van der Waals surface area contributed by atoms with Gasteiger partial charge in [0.1, 0.15) is 16.5 Å². The smallest absolute Gasteiger partial charge is 0.320 e. The molecule has 7 heteroatoms. The number of rotatable bonds is 5. The van der Waals surface area contributed by atoms with Gasteiger partial charge in [-0.15, -0.1) is 11.3 Å². The summed E-state index contributed by atoms with van der Waals surface area (Å²) in [5.41, 5.74) is 7.57. The van der Waals surface area contributed by atoms with Gasteiger partial charge < -0.3 is 15.5 Å². The van der Waals surface area contributed by atoms with Crippen molar-refractivity contribution in [3.05, 3.63) is 17.1 Å². The van der Waals surface area contributed by atoms with Gasteiger partial charge in [-0.05, 0) is 19.4 Å². The molecule has 6 nitrogen and oxygen atoms in total. The number of hydrogen-bond acceptors (Lipinski definition) is 6. The molecule has 0 aromatic carbocycles. The standard InChI is InChI=1S/C14H17N5OS/c1-3-4-5-20-14-18-11(15)9-6-10(17-12(9)19-14)13-16-7-8(2)21-13/h6-7H,3-5H2,1-2H3,(H3,15,17,18,19). The molecule has 0 saturated carbocycles. The fourth-order valence-corrected chi connectivity index (χ4v) is 2.71. The molecule has 0 saturated heterocycles. The van der Waals surface area contributed by atoms with Crippen LogP contribution in [0, 0.1) is 6.92 Å². The van der Waals surface area contributed by atoms with Crippen molar-refractivity contribution in [3.63, 3.8) is 0 Å². The second-order valence-electron chi connectivity index (χ2n) is 4.81. The zero-order chi connectivity index (χ0) is 14.8. The van der Waals surface area contributed by atoms with Gasteiger partial charge >= 0.3 is 6.01 Å². The minimum absolute atomic E-state index is 0.317. The third-order valence-electron chi connectivity index (χ3n) is 3.08. The molecule has 21 heavy (non-hydrogen) atoms. The molecule has 0 bridgehead atoms. The number of anilines is 1. The van der Waals surface area contributed by atoms with Crippen LogP contribution in [0.25, 0.3) is 21.7 Å². The predicted octanol–water partition coefficient (Wildman–Crippen LogP) is 3.15. The second-order valence-corrected chi connectivity index (χ2v) is 6.05. The number of aromatic nitrogens is 4. The van der Waals surface area contributed by atoms with E-state index in [1.165, 1.54) is 0 Å². The van der Waals surface area contributed by atoms with E-state index in [4.69, 9.17) is 10.5 Å². The summed E-state index contributed by atoms with van der Waals surface area (Å²) in [5, 5.41) is 1.71. The minimum atomic E-state index is 0.317. The van der Waals surface area contributed by atoms with E-state index in [0.29, 0.717) is 24.1 Å². The highest BCUT2D eigenvalue weighted by Crippen LogP contribution is 2.29. The van der Waals surface area contributed by atoms with Gasteiger partial charge in [-0.1, -0.05) is 13.3 Å². The SMILES string of the molecule is CCCCOc1nc(N)c2cc(-c3ncc(C)s3)[nH]c2n1. The number of aryl methyl sites for hydroxylation is 1. The van der Waals surface area contributed by atoms with Gasteiger partial charge in [0.15, 0.2) is 0 Å². The summed E-state index contributed by atoms with van der Waals surface area (Å²) in [6, 6.07) is 2.25. The number of thiazole rings is 1. The highest BCUT2D eigenvalue weighted by Gasteiger charge is 2.12. The van der Waals surface area contributed by atoms with Gasteiger partial charge in [-0.3, -0.25) is 0 Å². The number of nitrogens with one attached hydrogen (secondary N) is 1. The van der Waals surface area contributed by atoms with E-state index < -0.39 is 0 Å². The maximum absolute atomic E-state index is 5.99. The Kier molecular flexibility index (Phi) is 3.74. The molecule has 0 unspecified atom stereocenters. The van der Waals surface area contributed by atoms with E-state index in [0.717, 1.165) is 33.8 Å². The lowest BCUT2D eigenvalue weighted by Gasteiger charge is -2.04. The first-order chi connectivity index (χ1) is 10.2. The monoisotopic (exact) mass is 303 g/mol. The first-order valence-electron chi connectivity index (χ1n) is 6.89. The van der Waals surface area contributed by atoms with E-state index in [-0.39, 0.29) is 0 Å². The molecular weight excluding hydrogens is 286 g/mol. The van der Waals surface area contributed by atoms with Crippen LogP contribution in [-0.4, -0.2) is 26.5 Å². The molecule has 0 aliphatic heterocycles. The van der Waals surface area contributed by atoms with Crippen LogP contribution in [0.3, 0.4) is 0 Å². The fourth-order valence-electron chi connectivity index (χ4n) is 1.98. The molecule has 3 aromatic rings. The Labute approximate surface area is 126 Å². The Morgan fingerprint density at radius 2 is 2.24 bits per heavy atom. The minimum Gasteiger partial charge on any atom is -0.463 e. The number of H-pyrrole nitrogens is 1. The average molecular weight is 303 g/mol. The normalized spacial score (nSPS) is 11.1. The number of aromatic amines is 1. The van der Waals surface area contributed by atoms with Crippen LogP contribution in [-0.2, 0) is 0 Å². The van der Waals surface area contributed by atoms with Crippen LogP contribution in [0.5, 0.6) is 6.01 Å². The van der Waals surface area contributed by atoms with Gasteiger partial charge in [0.05, 0.1) is 17.7 Å². The summed E-state index contributed by atoms with van der Waals surface area (Å²) in [6.45, 7) is 4.73. The molecule has 0 spiro atoms. The fraction of sp³-hybridized carbons (Fsp3) is 0.357. The predicted molar refractivity (Wildman–Crippen MR) is 84.5 cm³/mol. The topological polar surface area (TPSA) is 89.7 Å². The molecule has 0 radical (unpaired) electrons. The average Bonchev–Trinajstić information content (AvgIpc) is 3.05. The van der Waals surface area contributed by atoms with Crippen molar-refractivity contribution in [1.82, 2.24) is 19.9 Å². The summed E-state index contributed by atoms with van der Waals surface area (Å²) in [6.07, 6.45) is 3.88.